The van der Waals surface area contributed by atoms with E-state index in [2.05, 4.69) is 18.8 Å². The van der Waals surface area contributed by atoms with Gasteiger partial charge in [0.1, 0.15) is 0 Å². The van der Waals surface area contributed by atoms with Crippen LogP contribution in [0.5, 0.6) is 0 Å². The lowest BCUT2D eigenvalue weighted by Gasteiger charge is -2.41. The van der Waals surface area contributed by atoms with Crippen molar-refractivity contribution in [3.8, 4) is 0 Å². The molecule has 2 atom stereocenters. The molecule has 0 amide bonds. The van der Waals surface area contributed by atoms with E-state index >= 15 is 0 Å². The van der Waals surface area contributed by atoms with Gasteiger partial charge in [-0.1, -0.05) is 33.3 Å². The van der Waals surface area contributed by atoms with Crippen molar-refractivity contribution in [3.05, 3.63) is 11.1 Å². The zero-order valence-corrected chi connectivity index (χ0v) is 16.6. The minimum atomic E-state index is -5.08. The van der Waals surface area contributed by atoms with Gasteiger partial charge in [0.2, 0.25) is 0 Å². The van der Waals surface area contributed by atoms with Gasteiger partial charge in [-0.2, -0.15) is 14.7 Å². The average molecular weight is 382 g/mol. The van der Waals surface area contributed by atoms with Crippen molar-refractivity contribution in [3.63, 3.8) is 0 Å². The molecule has 0 aromatic carbocycles. The van der Waals surface area contributed by atoms with Crippen LogP contribution in [0.4, 0.5) is 0 Å². The first-order valence-corrected chi connectivity index (χ1v) is 11.7. The third-order valence-corrected chi connectivity index (χ3v) is 7.85. The normalized spacial score (nSPS) is 26.9. The number of hydrogen-bond acceptors (Lipinski definition) is 5. The Balaban J connectivity index is 3.65. The molecule has 24 heavy (non-hydrogen) atoms. The quantitative estimate of drug-likeness (QED) is 0.261. The van der Waals surface area contributed by atoms with E-state index < -0.39 is 26.3 Å². The van der Waals surface area contributed by atoms with Crippen molar-refractivity contribution in [2.24, 2.45) is 10.9 Å². The van der Waals surface area contributed by atoms with Gasteiger partial charge in [0.25, 0.3) is 0 Å². The lowest BCUT2D eigenvalue weighted by Crippen LogP contribution is -2.36. The van der Waals surface area contributed by atoms with Gasteiger partial charge in [-0.15, -0.1) is 0 Å². The number of aliphatic imine (C=N–C) groups is 1. The second-order valence-electron chi connectivity index (χ2n) is 6.26. The first kappa shape index (κ1) is 21.9. The Labute approximate surface area is 144 Å². The van der Waals surface area contributed by atoms with E-state index in [4.69, 9.17) is 0 Å². The molecule has 1 aliphatic carbocycles. The Bertz CT molecular complexity index is 563. The Morgan fingerprint density at radius 2 is 1.79 bits per heavy atom. The molecule has 0 aromatic rings. The Morgan fingerprint density at radius 1 is 1.21 bits per heavy atom. The number of nitrogens with zero attached hydrogens (tertiary/aromatic N) is 1. The fourth-order valence-corrected chi connectivity index (χ4v) is 5.93. The van der Waals surface area contributed by atoms with Crippen LogP contribution in [0.3, 0.4) is 0 Å². The number of allylic oxidation sites excluding steroid dienone is 1. The lowest BCUT2D eigenvalue weighted by molar-refractivity contribution is 0.330. The maximum Gasteiger partial charge on any atom is 0.469 e. The molecule has 0 fully saturated rings. The van der Waals surface area contributed by atoms with Gasteiger partial charge in [-0.05, 0) is 50.0 Å². The Hall–Kier alpha value is -0.130. The summed E-state index contributed by atoms with van der Waals surface area (Å²) in [6, 6.07) is 0. The van der Waals surface area contributed by atoms with Crippen molar-refractivity contribution < 1.29 is 29.0 Å². The monoisotopic (exact) mass is 382 g/mol. The highest BCUT2D eigenvalue weighted by Gasteiger charge is 2.54. The maximum absolute atomic E-state index is 11.7. The SMILES string of the molecule is CCC1=C(CC)C(CC)(N=C(P(=O)(O)O)[P+](O)(O)O)CCC1CC. The second kappa shape index (κ2) is 8.05. The van der Waals surface area contributed by atoms with Crippen LogP contribution in [0, 0.1) is 5.92 Å². The molecule has 0 saturated carbocycles. The van der Waals surface area contributed by atoms with Crippen molar-refractivity contribution in [1.29, 1.82) is 0 Å². The van der Waals surface area contributed by atoms with Crippen LogP contribution in [0.1, 0.15) is 66.2 Å². The van der Waals surface area contributed by atoms with E-state index in [9.17, 15) is 29.0 Å². The summed E-state index contributed by atoms with van der Waals surface area (Å²) in [6.45, 7) is 8.00. The number of rotatable bonds is 7. The molecule has 5 N–H and O–H groups in total. The van der Waals surface area contributed by atoms with Gasteiger partial charge in [0, 0.05) is 0 Å². The number of hydrogen-bond donors (Lipinski definition) is 5. The van der Waals surface area contributed by atoms with Crippen LogP contribution < -0.4 is 0 Å². The van der Waals surface area contributed by atoms with E-state index in [1.807, 2.05) is 13.8 Å². The largest absolute Gasteiger partial charge is 0.469 e. The molecule has 7 nitrogen and oxygen atoms in total. The van der Waals surface area contributed by atoms with Crippen LogP contribution in [0.2, 0.25) is 0 Å². The summed E-state index contributed by atoms with van der Waals surface area (Å²) in [5, 5.41) is -1.17. The van der Waals surface area contributed by atoms with Crippen LogP contribution in [0.25, 0.3) is 0 Å². The van der Waals surface area contributed by atoms with Crippen LogP contribution in [-0.2, 0) is 4.57 Å². The van der Waals surface area contributed by atoms with Gasteiger partial charge < -0.3 is 9.79 Å². The minimum absolute atomic E-state index is 0.412. The molecular formula is C15H30NO6P2+. The molecule has 9 heteroatoms. The highest BCUT2D eigenvalue weighted by Crippen LogP contribution is 2.62. The van der Waals surface area contributed by atoms with E-state index in [1.54, 1.807) is 0 Å². The van der Waals surface area contributed by atoms with E-state index in [1.165, 1.54) is 5.57 Å². The lowest BCUT2D eigenvalue weighted by atomic mass is 9.68. The molecular weight excluding hydrogens is 352 g/mol. The minimum Gasteiger partial charge on any atom is -0.317 e. The molecule has 1 aliphatic rings. The molecule has 0 bridgehead atoms. The first-order chi connectivity index (χ1) is 11.0. The predicted octanol–water partition coefficient (Wildman–Crippen LogP) is 3.35. The van der Waals surface area contributed by atoms with Crippen molar-refractivity contribution >= 4 is 20.7 Å². The van der Waals surface area contributed by atoms with Gasteiger partial charge in [0.15, 0.2) is 0 Å². The van der Waals surface area contributed by atoms with Crippen molar-refractivity contribution in [2.75, 3.05) is 0 Å². The van der Waals surface area contributed by atoms with Gasteiger partial charge in [-0.3, -0.25) is 0 Å². The standard InChI is InChI=1S/C15H29NO6P2/c1-5-11-9-10-15(8-4,13(7-3)12(11)6-2)16-14(23(17,18)19)24(20,21)22/h11,17-19H,5-10H2,1-4H3,(H-,20,21,22)/p+1. The van der Waals surface area contributed by atoms with Gasteiger partial charge >= 0.3 is 20.7 Å². The smallest absolute Gasteiger partial charge is 0.317 e. The fourth-order valence-electron chi connectivity index (χ4n) is 3.88. The highest BCUT2D eigenvalue weighted by atomic mass is 31.3. The Morgan fingerprint density at radius 3 is 2.12 bits per heavy atom. The summed E-state index contributed by atoms with van der Waals surface area (Å²) < 4.78 is 11.7. The summed E-state index contributed by atoms with van der Waals surface area (Å²) in [5.41, 5.74) is 1.34. The maximum atomic E-state index is 11.7. The predicted molar refractivity (Wildman–Crippen MR) is 96.7 cm³/mol. The van der Waals surface area contributed by atoms with E-state index in [0.717, 1.165) is 24.8 Å². The molecule has 0 radical (unpaired) electrons. The summed E-state index contributed by atoms with van der Waals surface area (Å²) in [7, 11) is -9.97. The molecule has 0 saturated heterocycles. The fraction of sp³-hybridized carbons (Fsp3) is 0.800. The molecule has 2 unspecified atom stereocenters. The summed E-state index contributed by atoms with van der Waals surface area (Å²) in [4.78, 5) is 51.6. The average Bonchev–Trinajstić information content (AvgIpc) is 2.49. The van der Waals surface area contributed by atoms with E-state index in [-0.39, 0.29) is 0 Å². The summed E-state index contributed by atoms with van der Waals surface area (Å²) in [6.07, 6.45) is 4.33. The molecule has 0 spiro atoms. The first-order valence-electron chi connectivity index (χ1n) is 8.42. The van der Waals surface area contributed by atoms with Crippen LogP contribution >= 0.6 is 15.5 Å². The zero-order valence-electron chi connectivity index (χ0n) is 14.8. The third kappa shape index (κ3) is 4.53. The zero-order chi connectivity index (χ0) is 18.8. The summed E-state index contributed by atoms with van der Waals surface area (Å²) >= 11 is 0. The molecule has 1 rings (SSSR count). The topological polar surface area (TPSA) is 131 Å². The van der Waals surface area contributed by atoms with E-state index in [0.29, 0.717) is 25.2 Å². The third-order valence-electron chi connectivity index (χ3n) is 5.00. The van der Waals surface area contributed by atoms with Crippen LogP contribution in [0.15, 0.2) is 16.1 Å². The van der Waals surface area contributed by atoms with Crippen molar-refractivity contribution in [1.82, 2.24) is 0 Å². The Kier molecular flexibility index (Phi) is 7.35. The molecule has 0 heterocycles. The molecule has 0 aliphatic heterocycles. The molecule has 0 aromatic heterocycles. The summed E-state index contributed by atoms with van der Waals surface area (Å²) in [5.74, 6) is 0.412. The second-order valence-corrected chi connectivity index (χ2v) is 9.69. The van der Waals surface area contributed by atoms with Gasteiger partial charge in [-0.25, -0.2) is 9.56 Å². The van der Waals surface area contributed by atoms with Crippen LogP contribution in [-0.4, -0.2) is 35.2 Å². The van der Waals surface area contributed by atoms with Gasteiger partial charge in [0.05, 0.1) is 5.54 Å². The van der Waals surface area contributed by atoms with Crippen molar-refractivity contribution in [2.45, 2.75) is 71.8 Å². The molecule has 140 valence electrons. The highest BCUT2D eigenvalue weighted by molar-refractivity contribution is 8.00.